The van der Waals surface area contributed by atoms with E-state index in [2.05, 4.69) is 15.1 Å². The highest BCUT2D eigenvalue weighted by atomic mass is 16.5. The fourth-order valence-corrected chi connectivity index (χ4v) is 2.77. The number of hydrogen-bond donors (Lipinski definition) is 0. The van der Waals surface area contributed by atoms with Gasteiger partial charge in [-0.25, -0.2) is 14.6 Å². The molecule has 0 N–H and O–H groups in total. The number of aromatic nitrogens is 4. The van der Waals surface area contributed by atoms with Gasteiger partial charge in [0.1, 0.15) is 35.9 Å². The molecule has 4 aromatic rings. The van der Waals surface area contributed by atoms with E-state index in [9.17, 15) is 0 Å². The zero-order chi connectivity index (χ0) is 19.3. The third-order valence-electron chi connectivity index (χ3n) is 4.12. The van der Waals surface area contributed by atoms with Gasteiger partial charge in [-0.05, 0) is 37.3 Å². The van der Waals surface area contributed by atoms with Gasteiger partial charge in [-0.15, -0.1) is 0 Å². The van der Waals surface area contributed by atoms with Gasteiger partial charge in [-0.1, -0.05) is 24.3 Å². The van der Waals surface area contributed by atoms with E-state index in [4.69, 9.17) is 13.9 Å². The Balaban J connectivity index is 1.53. The zero-order valence-electron chi connectivity index (χ0n) is 15.7. The van der Waals surface area contributed by atoms with Crippen LogP contribution >= 0.6 is 0 Å². The second-order valence-corrected chi connectivity index (χ2v) is 6.26. The Morgan fingerprint density at radius 2 is 1.86 bits per heavy atom. The van der Waals surface area contributed by atoms with Gasteiger partial charge < -0.3 is 13.9 Å². The van der Waals surface area contributed by atoms with Crippen molar-refractivity contribution in [3.05, 3.63) is 78.2 Å². The minimum atomic E-state index is 0.379. The van der Waals surface area contributed by atoms with Gasteiger partial charge in [0, 0.05) is 12.7 Å². The lowest BCUT2D eigenvalue weighted by atomic mass is 10.2. The highest BCUT2D eigenvalue weighted by Gasteiger charge is 2.13. The van der Waals surface area contributed by atoms with Crippen LogP contribution in [0.15, 0.2) is 65.3 Å². The number of aryl methyl sites for hydroxylation is 1. The van der Waals surface area contributed by atoms with Crippen molar-refractivity contribution in [2.45, 2.75) is 20.1 Å². The number of nitrogens with zero attached hydrogens (tertiary/aromatic N) is 4. The molecule has 0 atom stereocenters. The normalized spacial score (nSPS) is 10.9. The van der Waals surface area contributed by atoms with Crippen LogP contribution in [0.25, 0.3) is 11.5 Å². The molecule has 142 valence electrons. The third-order valence-corrected chi connectivity index (χ3v) is 4.12. The molecule has 0 aliphatic heterocycles. The van der Waals surface area contributed by atoms with Crippen molar-refractivity contribution < 1.29 is 13.9 Å². The van der Waals surface area contributed by atoms with Crippen molar-refractivity contribution >= 4 is 0 Å². The SMILES string of the molecule is COCc1ncn(Cc2nc(-c3cccc(Oc4ccccc4)c3)oc2C)n1. The molecule has 0 spiro atoms. The van der Waals surface area contributed by atoms with Crippen LogP contribution in [-0.2, 0) is 17.9 Å². The molecule has 0 saturated heterocycles. The average Bonchev–Trinajstić information content (AvgIpc) is 3.30. The Hall–Kier alpha value is -3.45. The summed E-state index contributed by atoms with van der Waals surface area (Å²) in [4.78, 5) is 8.84. The number of methoxy groups -OCH3 is 1. The Labute approximate surface area is 162 Å². The Kier molecular flexibility index (Phi) is 5.16. The van der Waals surface area contributed by atoms with Gasteiger partial charge in [0.05, 0.1) is 6.54 Å². The number of para-hydroxylation sites is 1. The topological polar surface area (TPSA) is 75.2 Å². The minimum Gasteiger partial charge on any atom is -0.457 e. The van der Waals surface area contributed by atoms with Crippen LogP contribution in [0.4, 0.5) is 0 Å². The van der Waals surface area contributed by atoms with E-state index in [1.54, 1.807) is 18.1 Å². The van der Waals surface area contributed by atoms with E-state index in [0.29, 0.717) is 24.9 Å². The van der Waals surface area contributed by atoms with Gasteiger partial charge in [-0.2, -0.15) is 5.10 Å². The first-order chi connectivity index (χ1) is 13.7. The average molecular weight is 376 g/mol. The minimum absolute atomic E-state index is 0.379. The van der Waals surface area contributed by atoms with Crippen molar-refractivity contribution in [2.75, 3.05) is 7.11 Å². The maximum absolute atomic E-state index is 5.90. The van der Waals surface area contributed by atoms with Crippen molar-refractivity contribution in [3.8, 4) is 23.0 Å². The predicted octanol–water partition coefficient (Wildman–Crippen LogP) is 4.23. The molecule has 28 heavy (non-hydrogen) atoms. The largest absolute Gasteiger partial charge is 0.457 e. The quantitative estimate of drug-likeness (QED) is 0.480. The van der Waals surface area contributed by atoms with Crippen LogP contribution in [-0.4, -0.2) is 26.9 Å². The van der Waals surface area contributed by atoms with Crippen LogP contribution < -0.4 is 4.74 Å². The summed E-state index contributed by atoms with van der Waals surface area (Å²) in [5, 5.41) is 4.36. The predicted molar refractivity (Wildman–Crippen MR) is 103 cm³/mol. The lowest BCUT2D eigenvalue weighted by Gasteiger charge is -2.06. The number of ether oxygens (including phenoxy) is 2. The summed E-state index contributed by atoms with van der Waals surface area (Å²) < 4.78 is 18.5. The molecule has 2 aromatic heterocycles. The summed E-state index contributed by atoms with van der Waals surface area (Å²) in [6.45, 7) is 2.75. The number of benzene rings is 2. The molecule has 0 bridgehead atoms. The smallest absolute Gasteiger partial charge is 0.226 e. The van der Waals surface area contributed by atoms with Crippen molar-refractivity contribution in [2.24, 2.45) is 0 Å². The second kappa shape index (κ2) is 8.06. The summed E-state index contributed by atoms with van der Waals surface area (Å²) >= 11 is 0. The van der Waals surface area contributed by atoms with E-state index < -0.39 is 0 Å². The summed E-state index contributed by atoms with van der Waals surface area (Å²) in [6.07, 6.45) is 1.66. The summed E-state index contributed by atoms with van der Waals surface area (Å²) in [5.74, 6) is 3.43. The molecule has 0 radical (unpaired) electrons. The van der Waals surface area contributed by atoms with E-state index in [1.165, 1.54) is 0 Å². The summed E-state index contributed by atoms with van der Waals surface area (Å²) in [5.41, 5.74) is 1.65. The molecule has 2 heterocycles. The van der Waals surface area contributed by atoms with E-state index >= 15 is 0 Å². The fraction of sp³-hybridized carbons (Fsp3) is 0.190. The molecule has 2 aromatic carbocycles. The molecule has 0 aliphatic carbocycles. The Bertz CT molecular complexity index is 1060. The van der Waals surface area contributed by atoms with Crippen LogP contribution in [0.3, 0.4) is 0 Å². The van der Waals surface area contributed by atoms with Gasteiger partial charge in [0.2, 0.25) is 5.89 Å². The molecule has 0 fully saturated rings. The third kappa shape index (κ3) is 4.10. The van der Waals surface area contributed by atoms with Crippen molar-refractivity contribution in [1.29, 1.82) is 0 Å². The van der Waals surface area contributed by atoms with Crippen LogP contribution in [0, 0.1) is 6.92 Å². The molecule has 7 heteroatoms. The Morgan fingerprint density at radius 3 is 2.68 bits per heavy atom. The number of rotatable bonds is 7. The fourth-order valence-electron chi connectivity index (χ4n) is 2.77. The lowest BCUT2D eigenvalue weighted by molar-refractivity contribution is 0.177. The van der Waals surface area contributed by atoms with Gasteiger partial charge in [0.25, 0.3) is 0 Å². The monoisotopic (exact) mass is 376 g/mol. The molecule has 0 amide bonds. The molecule has 0 unspecified atom stereocenters. The lowest BCUT2D eigenvalue weighted by Crippen LogP contribution is -2.03. The highest BCUT2D eigenvalue weighted by molar-refractivity contribution is 5.57. The van der Waals surface area contributed by atoms with Gasteiger partial charge in [0.15, 0.2) is 5.82 Å². The first kappa shape index (κ1) is 17.9. The van der Waals surface area contributed by atoms with Crippen LogP contribution in [0.1, 0.15) is 17.3 Å². The zero-order valence-corrected chi connectivity index (χ0v) is 15.7. The molecule has 0 aliphatic rings. The maximum Gasteiger partial charge on any atom is 0.226 e. The highest BCUT2D eigenvalue weighted by Crippen LogP contribution is 2.28. The molecule has 0 saturated carbocycles. The molecular weight excluding hydrogens is 356 g/mol. The van der Waals surface area contributed by atoms with Gasteiger partial charge >= 0.3 is 0 Å². The van der Waals surface area contributed by atoms with E-state index in [-0.39, 0.29) is 0 Å². The maximum atomic E-state index is 5.90. The van der Waals surface area contributed by atoms with Crippen LogP contribution in [0.2, 0.25) is 0 Å². The summed E-state index contributed by atoms with van der Waals surface area (Å²) in [6, 6.07) is 17.3. The molecule has 7 nitrogen and oxygen atoms in total. The first-order valence-corrected chi connectivity index (χ1v) is 8.88. The summed E-state index contributed by atoms with van der Waals surface area (Å²) in [7, 11) is 1.62. The number of hydrogen-bond acceptors (Lipinski definition) is 6. The van der Waals surface area contributed by atoms with E-state index in [0.717, 1.165) is 28.5 Å². The standard InChI is InChI=1S/C21H20N4O3/c1-15-19(12-25-14-22-20(24-25)13-26-2)23-21(27-15)16-7-6-10-18(11-16)28-17-8-4-3-5-9-17/h3-11,14H,12-13H2,1-2H3. The van der Waals surface area contributed by atoms with Crippen molar-refractivity contribution in [1.82, 2.24) is 19.7 Å². The second-order valence-electron chi connectivity index (χ2n) is 6.26. The molecule has 4 rings (SSSR count). The van der Waals surface area contributed by atoms with Crippen molar-refractivity contribution in [3.63, 3.8) is 0 Å². The first-order valence-electron chi connectivity index (χ1n) is 8.88. The van der Waals surface area contributed by atoms with Crippen LogP contribution in [0.5, 0.6) is 11.5 Å². The molecular formula is C21H20N4O3. The number of oxazole rings is 1. The van der Waals surface area contributed by atoms with E-state index in [1.807, 2.05) is 61.5 Å². The Morgan fingerprint density at radius 1 is 1.04 bits per heavy atom. The van der Waals surface area contributed by atoms with Gasteiger partial charge in [-0.3, -0.25) is 0 Å².